The van der Waals surface area contributed by atoms with Crippen LogP contribution in [-0.4, -0.2) is 77.8 Å². The van der Waals surface area contributed by atoms with Crippen LogP contribution in [0.3, 0.4) is 0 Å². The van der Waals surface area contributed by atoms with Gasteiger partial charge in [-0.3, -0.25) is 4.79 Å². The Morgan fingerprint density at radius 2 is 1.93 bits per heavy atom. The molecule has 0 radical (unpaired) electrons. The molecule has 3 aliphatic rings. The van der Waals surface area contributed by atoms with Gasteiger partial charge in [0.15, 0.2) is 0 Å². The minimum Gasteiger partial charge on any atom is -0.494 e. The number of nitrogens with one attached hydrogen (secondary N) is 2. The van der Waals surface area contributed by atoms with Crippen LogP contribution < -0.4 is 20.3 Å². The van der Waals surface area contributed by atoms with Crippen molar-refractivity contribution in [1.82, 2.24) is 19.4 Å². The maximum atomic E-state index is 13.2. The zero-order valence-corrected chi connectivity index (χ0v) is 25.8. The molecule has 44 heavy (non-hydrogen) atoms. The minimum absolute atomic E-state index is 0.267. The number of amides is 1. The van der Waals surface area contributed by atoms with Gasteiger partial charge in [-0.25, -0.2) is 14.8 Å². The highest BCUT2D eigenvalue weighted by molar-refractivity contribution is 6.03. The van der Waals surface area contributed by atoms with E-state index in [1.54, 1.807) is 21.0 Å². The number of aromatic nitrogens is 3. The average Bonchev–Trinajstić information content (AvgIpc) is 3.37. The summed E-state index contributed by atoms with van der Waals surface area (Å²) in [7, 11) is 5.65. The van der Waals surface area contributed by atoms with Gasteiger partial charge >= 0.3 is 5.97 Å². The number of piperidine rings is 3. The number of rotatable bonds is 10. The van der Waals surface area contributed by atoms with Gasteiger partial charge in [-0.05, 0) is 57.8 Å². The lowest BCUT2D eigenvalue weighted by molar-refractivity contribution is -0.105. The van der Waals surface area contributed by atoms with Crippen molar-refractivity contribution in [3.05, 3.63) is 54.4 Å². The minimum atomic E-state index is -0.496. The summed E-state index contributed by atoms with van der Waals surface area (Å²) in [5.74, 6) is 0.954. The first-order chi connectivity index (χ1) is 21.3. The van der Waals surface area contributed by atoms with Crippen molar-refractivity contribution in [1.29, 1.82) is 0 Å². The Hall–Kier alpha value is -4.64. The number of aryl methyl sites for hydroxylation is 1. The zero-order chi connectivity index (χ0) is 31.0. The molecule has 0 aliphatic carbocycles. The van der Waals surface area contributed by atoms with Crippen LogP contribution in [0.5, 0.6) is 5.75 Å². The average molecular weight is 598 g/mol. The number of fused-ring (bicyclic) bond motifs is 4. The molecule has 11 nitrogen and oxygen atoms in total. The van der Waals surface area contributed by atoms with Crippen molar-refractivity contribution in [2.75, 3.05) is 49.3 Å². The maximum absolute atomic E-state index is 13.2. The molecule has 5 heterocycles. The molecule has 1 unspecified atom stereocenters. The maximum Gasteiger partial charge on any atom is 0.342 e. The second-order valence-electron chi connectivity index (χ2n) is 11.9. The predicted octanol–water partition coefficient (Wildman–Crippen LogP) is 5.05. The van der Waals surface area contributed by atoms with Gasteiger partial charge in [0.05, 0.1) is 36.0 Å². The van der Waals surface area contributed by atoms with Crippen LogP contribution in [-0.2, 0) is 16.6 Å². The van der Waals surface area contributed by atoms with Crippen molar-refractivity contribution in [2.24, 2.45) is 13.0 Å². The summed E-state index contributed by atoms with van der Waals surface area (Å²) >= 11 is 0. The smallest absolute Gasteiger partial charge is 0.342 e. The molecule has 2 aromatic heterocycles. The molecule has 3 saturated heterocycles. The molecule has 0 saturated carbocycles. The van der Waals surface area contributed by atoms with Crippen molar-refractivity contribution >= 4 is 46.3 Å². The van der Waals surface area contributed by atoms with E-state index in [0.717, 1.165) is 41.8 Å². The van der Waals surface area contributed by atoms with E-state index in [0.29, 0.717) is 41.2 Å². The first-order valence-electron chi connectivity index (χ1n) is 15.0. The number of ether oxygens (including phenoxy) is 2. The second-order valence-corrected chi connectivity index (χ2v) is 11.9. The third-order valence-corrected chi connectivity index (χ3v) is 8.78. The van der Waals surface area contributed by atoms with Gasteiger partial charge in [-0.1, -0.05) is 18.2 Å². The molecule has 7 rings (SSSR count). The number of hydrogen-bond donors (Lipinski definition) is 2. The second kappa shape index (κ2) is 12.2. The molecule has 2 bridgehead atoms. The normalized spacial score (nSPS) is 19.2. The lowest BCUT2D eigenvalue weighted by Gasteiger charge is -2.49. The summed E-state index contributed by atoms with van der Waals surface area (Å²) < 4.78 is 13.4. The van der Waals surface area contributed by atoms with Gasteiger partial charge in [0.2, 0.25) is 12.4 Å². The number of para-hydroxylation sites is 1. The van der Waals surface area contributed by atoms with Crippen LogP contribution in [0.4, 0.5) is 23.0 Å². The van der Waals surface area contributed by atoms with Crippen molar-refractivity contribution in [2.45, 2.75) is 38.8 Å². The molecule has 1 amide bonds. The molecule has 2 aromatic carbocycles. The van der Waals surface area contributed by atoms with Crippen LogP contribution in [0, 0.1) is 5.92 Å². The molecule has 3 fully saturated rings. The van der Waals surface area contributed by atoms with Crippen LogP contribution in [0.1, 0.15) is 37.0 Å². The standard InChI is InChI=1S/C33H39N7O4/c1-20(2)44-32(42)23-16-34-33(37-31(23)24-17-38(3)27-9-7-6-8-22(24)27)36-26-14-25(35-19-41)28(15-30(26)43-5)39(4)29-18-40-12-10-21(29)11-13-40/h6-9,14-17,19-21,29H,10-13,18H2,1-5H3,(H,35,41)(H,34,36,37). The Kier molecular flexibility index (Phi) is 8.13. The Morgan fingerprint density at radius 1 is 1.16 bits per heavy atom. The van der Waals surface area contributed by atoms with E-state index in [4.69, 9.17) is 14.5 Å². The lowest BCUT2D eigenvalue weighted by Crippen LogP contribution is -2.56. The lowest BCUT2D eigenvalue weighted by atomic mass is 9.83. The molecule has 0 spiro atoms. The first-order valence-corrected chi connectivity index (χ1v) is 15.0. The molecular formula is C33H39N7O4. The van der Waals surface area contributed by atoms with Gasteiger partial charge in [-0.15, -0.1) is 0 Å². The monoisotopic (exact) mass is 597 g/mol. The summed E-state index contributed by atoms with van der Waals surface area (Å²) in [6, 6.07) is 12.1. The molecule has 230 valence electrons. The van der Waals surface area contributed by atoms with Gasteiger partial charge in [0.1, 0.15) is 11.3 Å². The van der Waals surface area contributed by atoms with Crippen LogP contribution in [0.25, 0.3) is 22.2 Å². The van der Waals surface area contributed by atoms with E-state index in [2.05, 4.69) is 32.5 Å². The van der Waals surface area contributed by atoms with Gasteiger partial charge in [0, 0.05) is 61.6 Å². The number of carbonyl (C=O) groups is 2. The predicted molar refractivity (Wildman–Crippen MR) is 172 cm³/mol. The number of esters is 1. The van der Waals surface area contributed by atoms with E-state index in [9.17, 15) is 9.59 Å². The number of nitrogens with zero attached hydrogens (tertiary/aromatic N) is 5. The molecule has 4 aromatic rings. The Morgan fingerprint density at radius 3 is 2.61 bits per heavy atom. The number of carbonyl (C=O) groups excluding carboxylic acids is 2. The van der Waals surface area contributed by atoms with Gasteiger partial charge in [-0.2, -0.15) is 0 Å². The van der Waals surface area contributed by atoms with Crippen LogP contribution >= 0.6 is 0 Å². The SMILES string of the molecule is COc1cc(N(C)C2CN3CCC2CC3)c(NC=O)cc1Nc1ncc(C(=O)OC(C)C)c(-c2cn(C)c3ccccc23)n1. The molecule has 11 heteroatoms. The van der Waals surface area contributed by atoms with E-state index in [-0.39, 0.29) is 17.6 Å². The number of methoxy groups -OCH3 is 1. The van der Waals surface area contributed by atoms with Gasteiger partial charge < -0.3 is 34.5 Å². The first kappa shape index (κ1) is 29.4. The fraction of sp³-hybridized carbons (Fsp3) is 0.394. The van der Waals surface area contributed by atoms with Crippen molar-refractivity contribution in [3.8, 4) is 17.0 Å². The number of benzene rings is 2. The summed E-state index contributed by atoms with van der Waals surface area (Å²) in [5, 5.41) is 7.11. The number of hydrogen-bond acceptors (Lipinski definition) is 9. The third kappa shape index (κ3) is 5.55. The number of anilines is 4. The van der Waals surface area contributed by atoms with Crippen LogP contribution in [0.2, 0.25) is 0 Å². The summed E-state index contributed by atoms with van der Waals surface area (Å²) in [6.07, 6.45) is 6.19. The van der Waals surface area contributed by atoms with Gasteiger partial charge in [0.25, 0.3) is 0 Å². The molecule has 3 aliphatic heterocycles. The number of likely N-dealkylation sites (N-methyl/N-ethyl adjacent to an activating group) is 1. The summed E-state index contributed by atoms with van der Waals surface area (Å²) in [6.45, 7) is 6.91. The van der Waals surface area contributed by atoms with E-state index < -0.39 is 5.97 Å². The van der Waals surface area contributed by atoms with E-state index >= 15 is 0 Å². The Bertz CT molecular complexity index is 1690. The third-order valence-electron chi connectivity index (χ3n) is 8.78. The topological polar surface area (TPSA) is 114 Å². The van der Waals surface area contributed by atoms with Crippen LogP contribution in [0.15, 0.2) is 48.8 Å². The fourth-order valence-electron chi connectivity index (χ4n) is 6.58. The molecular weight excluding hydrogens is 558 g/mol. The van der Waals surface area contributed by atoms with Crippen molar-refractivity contribution in [3.63, 3.8) is 0 Å². The van der Waals surface area contributed by atoms with Crippen molar-refractivity contribution < 1.29 is 19.1 Å². The summed E-state index contributed by atoms with van der Waals surface area (Å²) in [4.78, 5) is 39.0. The molecule has 2 N–H and O–H groups in total. The fourth-order valence-corrected chi connectivity index (χ4v) is 6.58. The molecule has 1 atom stereocenters. The largest absolute Gasteiger partial charge is 0.494 e. The zero-order valence-electron chi connectivity index (χ0n) is 25.8. The Labute approximate surface area is 257 Å². The van der Waals surface area contributed by atoms with E-state index in [1.807, 2.05) is 54.2 Å². The quantitative estimate of drug-likeness (QED) is 0.191. The summed E-state index contributed by atoms with van der Waals surface area (Å²) in [5.41, 5.74) is 4.61. The highest BCUT2D eigenvalue weighted by Gasteiger charge is 2.37. The Balaban J connectivity index is 1.39. The van der Waals surface area contributed by atoms with E-state index in [1.165, 1.54) is 19.0 Å². The highest BCUT2D eigenvalue weighted by atomic mass is 16.5. The highest BCUT2D eigenvalue weighted by Crippen LogP contribution is 2.41.